The molecule has 0 aromatic carbocycles. The number of aryl methyl sites for hydroxylation is 1. The van der Waals surface area contributed by atoms with Crippen molar-refractivity contribution in [1.82, 2.24) is 4.57 Å². The van der Waals surface area contributed by atoms with Crippen molar-refractivity contribution in [3.05, 3.63) is 30.1 Å². The normalized spacial score (nSPS) is 10.6. The Morgan fingerprint density at radius 3 is 2.91 bits per heavy atom. The highest BCUT2D eigenvalue weighted by Crippen LogP contribution is 2.01. The fourth-order valence-corrected chi connectivity index (χ4v) is 0.804. The lowest BCUT2D eigenvalue weighted by atomic mass is 10.4. The van der Waals surface area contributed by atoms with Crippen LogP contribution in [0.15, 0.2) is 24.4 Å². The standard InChI is InChI=1S/C8H9NO2/c1-9-6-2-3-7(9)4-5-8(10)11/h2-6H,1H3,(H,10,11)/b5-4+. The van der Waals surface area contributed by atoms with Gasteiger partial charge in [-0.2, -0.15) is 0 Å². The molecular formula is C8H9NO2. The van der Waals surface area contributed by atoms with Gasteiger partial charge in [0.05, 0.1) is 0 Å². The van der Waals surface area contributed by atoms with Gasteiger partial charge >= 0.3 is 5.97 Å². The molecule has 0 amide bonds. The molecule has 0 fully saturated rings. The molecule has 0 radical (unpaired) electrons. The molecule has 0 bridgehead atoms. The van der Waals surface area contributed by atoms with E-state index >= 15 is 0 Å². The lowest BCUT2D eigenvalue weighted by Crippen LogP contribution is -1.90. The Bertz CT molecular complexity index is 286. The summed E-state index contributed by atoms with van der Waals surface area (Å²) in [7, 11) is 1.86. The summed E-state index contributed by atoms with van der Waals surface area (Å²) in [5.74, 6) is -0.925. The van der Waals surface area contributed by atoms with Gasteiger partial charge < -0.3 is 9.67 Å². The van der Waals surface area contributed by atoms with Gasteiger partial charge in [-0.1, -0.05) is 0 Å². The van der Waals surface area contributed by atoms with E-state index in [2.05, 4.69) is 0 Å². The number of carboxylic acid groups (broad SMARTS) is 1. The van der Waals surface area contributed by atoms with Crippen LogP contribution < -0.4 is 0 Å². The van der Waals surface area contributed by atoms with E-state index in [1.165, 1.54) is 0 Å². The highest BCUT2D eigenvalue weighted by Gasteiger charge is 1.91. The van der Waals surface area contributed by atoms with Crippen LogP contribution >= 0.6 is 0 Å². The minimum atomic E-state index is -0.925. The molecule has 1 N–H and O–H groups in total. The predicted octanol–water partition coefficient (Wildman–Crippen LogP) is 1.12. The fraction of sp³-hybridized carbons (Fsp3) is 0.125. The van der Waals surface area contributed by atoms with E-state index in [1.54, 1.807) is 6.08 Å². The minimum absolute atomic E-state index is 0.882. The molecule has 0 saturated carbocycles. The van der Waals surface area contributed by atoms with Crippen LogP contribution in [0.5, 0.6) is 0 Å². The van der Waals surface area contributed by atoms with Crippen LogP contribution in [0.25, 0.3) is 6.08 Å². The Balaban J connectivity index is 2.79. The molecule has 0 atom stereocenters. The molecule has 0 aliphatic carbocycles. The molecule has 3 nitrogen and oxygen atoms in total. The number of hydrogen-bond acceptors (Lipinski definition) is 1. The van der Waals surface area contributed by atoms with Gasteiger partial charge in [-0.05, 0) is 18.2 Å². The smallest absolute Gasteiger partial charge is 0.328 e. The van der Waals surface area contributed by atoms with Crippen LogP contribution in [0, 0.1) is 0 Å². The van der Waals surface area contributed by atoms with Gasteiger partial charge in [0.15, 0.2) is 0 Å². The summed E-state index contributed by atoms with van der Waals surface area (Å²) in [5, 5.41) is 8.31. The zero-order valence-corrected chi connectivity index (χ0v) is 6.19. The van der Waals surface area contributed by atoms with Crippen molar-refractivity contribution in [1.29, 1.82) is 0 Å². The van der Waals surface area contributed by atoms with Crippen molar-refractivity contribution >= 4 is 12.0 Å². The third-order valence-electron chi connectivity index (χ3n) is 1.38. The zero-order valence-electron chi connectivity index (χ0n) is 6.19. The maximum atomic E-state index is 10.1. The van der Waals surface area contributed by atoms with E-state index in [-0.39, 0.29) is 0 Å². The fourth-order valence-electron chi connectivity index (χ4n) is 0.804. The number of rotatable bonds is 2. The van der Waals surface area contributed by atoms with E-state index < -0.39 is 5.97 Å². The molecule has 0 spiro atoms. The first kappa shape index (κ1) is 7.60. The van der Waals surface area contributed by atoms with Crippen molar-refractivity contribution in [3.8, 4) is 0 Å². The highest BCUT2D eigenvalue weighted by atomic mass is 16.4. The third kappa shape index (κ3) is 1.97. The molecule has 0 aliphatic heterocycles. The van der Waals surface area contributed by atoms with E-state index in [4.69, 9.17) is 5.11 Å². The maximum absolute atomic E-state index is 10.1. The summed E-state index contributed by atoms with van der Waals surface area (Å²) < 4.78 is 1.85. The molecule has 0 unspecified atom stereocenters. The second-order valence-electron chi connectivity index (χ2n) is 2.22. The summed E-state index contributed by atoms with van der Waals surface area (Å²) in [5.41, 5.74) is 0.882. The SMILES string of the molecule is Cn1cccc1/C=C/C(=O)O. The summed E-state index contributed by atoms with van der Waals surface area (Å²) >= 11 is 0. The average molecular weight is 151 g/mol. The van der Waals surface area contributed by atoms with Crippen LogP contribution in [0.1, 0.15) is 5.69 Å². The number of aliphatic carboxylic acids is 1. The number of carbonyl (C=O) groups is 1. The van der Waals surface area contributed by atoms with Gasteiger partial charge in [0.1, 0.15) is 0 Å². The molecule has 0 aliphatic rings. The van der Waals surface area contributed by atoms with Gasteiger partial charge in [-0.25, -0.2) is 4.79 Å². The van der Waals surface area contributed by atoms with Crippen LogP contribution in [0.2, 0.25) is 0 Å². The second kappa shape index (κ2) is 3.05. The van der Waals surface area contributed by atoms with Crippen molar-refractivity contribution < 1.29 is 9.90 Å². The first-order valence-electron chi connectivity index (χ1n) is 3.22. The quantitative estimate of drug-likeness (QED) is 0.643. The zero-order chi connectivity index (χ0) is 8.27. The topological polar surface area (TPSA) is 42.2 Å². The van der Waals surface area contributed by atoms with Gasteiger partial charge in [-0.3, -0.25) is 0 Å². The van der Waals surface area contributed by atoms with Gasteiger partial charge in [-0.15, -0.1) is 0 Å². The lowest BCUT2D eigenvalue weighted by molar-refractivity contribution is -0.131. The maximum Gasteiger partial charge on any atom is 0.328 e. The average Bonchev–Trinajstić information content (AvgIpc) is 2.31. The Kier molecular flexibility index (Phi) is 2.11. The predicted molar refractivity (Wildman–Crippen MR) is 42.1 cm³/mol. The monoisotopic (exact) mass is 151 g/mol. The third-order valence-corrected chi connectivity index (χ3v) is 1.38. The van der Waals surface area contributed by atoms with Gasteiger partial charge in [0, 0.05) is 25.0 Å². The van der Waals surface area contributed by atoms with Crippen LogP contribution in [-0.4, -0.2) is 15.6 Å². The van der Waals surface area contributed by atoms with Crippen LogP contribution in [-0.2, 0) is 11.8 Å². The van der Waals surface area contributed by atoms with Crippen molar-refractivity contribution in [2.45, 2.75) is 0 Å². The molecular weight excluding hydrogens is 142 g/mol. The second-order valence-corrected chi connectivity index (χ2v) is 2.22. The molecule has 1 heterocycles. The number of nitrogens with zero attached hydrogens (tertiary/aromatic N) is 1. The molecule has 3 heteroatoms. The van der Waals surface area contributed by atoms with Crippen LogP contribution in [0.3, 0.4) is 0 Å². The Labute approximate surface area is 64.6 Å². The summed E-state index contributed by atoms with van der Waals surface area (Å²) in [6.07, 6.45) is 4.54. The molecule has 1 aromatic rings. The summed E-state index contributed by atoms with van der Waals surface area (Å²) in [6.45, 7) is 0. The molecule has 1 aromatic heterocycles. The molecule has 0 saturated heterocycles. The molecule has 58 valence electrons. The van der Waals surface area contributed by atoms with Crippen LogP contribution in [0.4, 0.5) is 0 Å². The lowest BCUT2D eigenvalue weighted by Gasteiger charge is -1.93. The minimum Gasteiger partial charge on any atom is -0.478 e. The Morgan fingerprint density at radius 1 is 1.73 bits per heavy atom. The van der Waals surface area contributed by atoms with E-state index in [1.807, 2.05) is 29.9 Å². The Hall–Kier alpha value is -1.51. The molecule has 1 rings (SSSR count). The van der Waals surface area contributed by atoms with E-state index in [9.17, 15) is 4.79 Å². The van der Waals surface area contributed by atoms with Gasteiger partial charge in [0.2, 0.25) is 0 Å². The summed E-state index contributed by atoms with van der Waals surface area (Å²) in [4.78, 5) is 10.1. The van der Waals surface area contributed by atoms with Crippen molar-refractivity contribution in [2.24, 2.45) is 7.05 Å². The van der Waals surface area contributed by atoms with Crippen molar-refractivity contribution in [3.63, 3.8) is 0 Å². The van der Waals surface area contributed by atoms with E-state index in [0.29, 0.717) is 0 Å². The first-order chi connectivity index (χ1) is 5.20. The number of hydrogen-bond donors (Lipinski definition) is 1. The van der Waals surface area contributed by atoms with Crippen molar-refractivity contribution in [2.75, 3.05) is 0 Å². The highest BCUT2D eigenvalue weighted by molar-refractivity contribution is 5.84. The van der Waals surface area contributed by atoms with Gasteiger partial charge in [0.25, 0.3) is 0 Å². The summed E-state index contributed by atoms with van der Waals surface area (Å²) in [6, 6.07) is 3.71. The Morgan fingerprint density at radius 2 is 2.45 bits per heavy atom. The molecule has 11 heavy (non-hydrogen) atoms. The first-order valence-corrected chi connectivity index (χ1v) is 3.22. The number of aromatic nitrogens is 1. The number of carboxylic acids is 1. The van der Waals surface area contributed by atoms with E-state index in [0.717, 1.165) is 11.8 Å². The largest absolute Gasteiger partial charge is 0.478 e.